The molecule has 0 spiro atoms. The molecule has 0 bridgehead atoms. The Bertz CT molecular complexity index is 463. The molecule has 98 valence electrons. The van der Waals surface area contributed by atoms with E-state index in [0.717, 1.165) is 30.5 Å². The SMILES string of the molecule is CC(C)(C)OC(=O)c1cnc2c(c1)C(N)CCC2. The van der Waals surface area contributed by atoms with Gasteiger partial charge in [-0.3, -0.25) is 4.98 Å². The average Bonchev–Trinajstić information content (AvgIpc) is 2.27. The Morgan fingerprint density at radius 1 is 1.50 bits per heavy atom. The largest absolute Gasteiger partial charge is 0.456 e. The minimum Gasteiger partial charge on any atom is -0.456 e. The average molecular weight is 248 g/mol. The van der Waals surface area contributed by atoms with Gasteiger partial charge in [0.05, 0.1) is 5.56 Å². The molecule has 1 aromatic heterocycles. The van der Waals surface area contributed by atoms with Gasteiger partial charge in [-0.05, 0) is 51.7 Å². The Morgan fingerprint density at radius 2 is 2.22 bits per heavy atom. The van der Waals surface area contributed by atoms with Gasteiger partial charge in [-0.1, -0.05) is 0 Å². The second kappa shape index (κ2) is 4.69. The Balaban J connectivity index is 2.25. The van der Waals surface area contributed by atoms with Crippen LogP contribution in [0.25, 0.3) is 0 Å². The molecule has 0 saturated heterocycles. The molecule has 4 heteroatoms. The number of aromatic nitrogens is 1. The van der Waals surface area contributed by atoms with Crippen molar-refractivity contribution in [2.45, 2.75) is 51.7 Å². The molecule has 0 aromatic carbocycles. The molecule has 0 fully saturated rings. The number of aryl methyl sites for hydroxylation is 1. The third-order valence-corrected chi connectivity index (χ3v) is 2.97. The minimum atomic E-state index is -0.491. The standard InChI is InChI=1S/C14H20N2O2/c1-14(2,3)18-13(17)9-7-10-11(15)5-4-6-12(10)16-8-9/h7-8,11H,4-6,15H2,1-3H3. The molecule has 1 aliphatic rings. The van der Waals surface area contributed by atoms with Crippen LogP contribution in [0.4, 0.5) is 0 Å². The summed E-state index contributed by atoms with van der Waals surface area (Å²) in [5.74, 6) is -0.337. The van der Waals surface area contributed by atoms with Crippen molar-refractivity contribution in [3.63, 3.8) is 0 Å². The van der Waals surface area contributed by atoms with Crippen LogP contribution in [-0.2, 0) is 11.2 Å². The summed E-state index contributed by atoms with van der Waals surface area (Å²) in [5, 5.41) is 0. The number of esters is 1. The van der Waals surface area contributed by atoms with Crippen molar-refractivity contribution in [2.24, 2.45) is 5.73 Å². The smallest absolute Gasteiger partial charge is 0.340 e. The third-order valence-electron chi connectivity index (χ3n) is 2.97. The van der Waals surface area contributed by atoms with Crippen molar-refractivity contribution in [3.05, 3.63) is 29.1 Å². The lowest BCUT2D eigenvalue weighted by atomic mass is 9.91. The Labute approximate surface area is 108 Å². The summed E-state index contributed by atoms with van der Waals surface area (Å²) in [6, 6.07) is 1.82. The number of nitrogens with zero attached hydrogens (tertiary/aromatic N) is 1. The summed E-state index contributed by atoms with van der Waals surface area (Å²) in [6.07, 6.45) is 4.54. The van der Waals surface area contributed by atoms with Gasteiger partial charge in [0.2, 0.25) is 0 Å². The predicted molar refractivity (Wildman–Crippen MR) is 69.3 cm³/mol. The van der Waals surface area contributed by atoms with E-state index in [1.807, 2.05) is 26.8 Å². The zero-order valence-corrected chi connectivity index (χ0v) is 11.2. The van der Waals surface area contributed by atoms with Gasteiger partial charge in [-0.25, -0.2) is 4.79 Å². The molecule has 18 heavy (non-hydrogen) atoms. The van der Waals surface area contributed by atoms with E-state index in [9.17, 15) is 4.79 Å². The monoisotopic (exact) mass is 248 g/mol. The van der Waals surface area contributed by atoms with E-state index in [4.69, 9.17) is 10.5 Å². The van der Waals surface area contributed by atoms with Crippen LogP contribution in [0, 0.1) is 0 Å². The van der Waals surface area contributed by atoms with Crippen molar-refractivity contribution in [3.8, 4) is 0 Å². The Hall–Kier alpha value is -1.42. The van der Waals surface area contributed by atoms with Crippen molar-refractivity contribution in [1.29, 1.82) is 0 Å². The summed E-state index contributed by atoms with van der Waals surface area (Å²) < 4.78 is 5.33. The number of hydrogen-bond acceptors (Lipinski definition) is 4. The van der Waals surface area contributed by atoms with E-state index in [1.54, 1.807) is 6.20 Å². The van der Waals surface area contributed by atoms with E-state index in [2.05, 4.69) is 4.98 Å². The quantitative estimate of drug-likeness (QED) is 0.775. The van der Waals surface area contributed by atoms with Crippen molar-refractivity contribution in [2.75, 3.05) is 0 Å². The van der Waals surface area contributed by atoms with Gasteiger partial charge >= 0.3 is 5.97 Å². The molecular weight excluding hydrogens is 228 g/mol. The van der Waals surface area contributed by atoms with Gasteiger partial charge in [0.25, 0.3) is 0 Å². The molecule has 0 radical (unpaired) electrons. The van der Waals surface area contributed by atoms with Gasteiger partial charge in [-0.2, -0.15) is 0 Å². The number of rotatable bonds is 1. The van der Waals surface area contributed by atoms with Crippen LogP contribution in [0.2, 0.25) is 0 Å². The zero-order chi connectivity index (χ0) is 13.3. The summed E-state index contributed by atoms with van der Waals surface area (Å²) in [6.45, 7) is 5.55. The topological polar surface area (TPSA) is 65.2 Å². The molecule has 0 saturated carbocycles. The van der Waals surface area contributed by atoms with Crippen molar-refractivity contribution < 1.29 is 9.53 Å². The lowest BCUT2D eigenvalue weighted by Gasteiger charge is -2.23. The predicted octanol–water partition coefficient (Wildman–Crippen LogP) is 2.37. The lowest BCUT2D eigenvalue weighted by molar-refractivity contribution is 0.00689. The number of fused-ring (bicyclic) bond motifs is 1. The molecule has 1 atom stereocenters. The fraction of sp³-hybridized carbons (Fsp3) is 0.571. The molecule has 1 aromatic rings. The van der Waals surface area contributed by atoms with Gasteiger partial charge in [0.1, 0.15) is 5.60 Å². The van der Waals surface area contributed by atoms with Gasteiger partial charge < -0.3 is 10.5 Å². The van der Waals surface area contributed by atoms with Crippen molar-refractivity contribution in [1.82, 2.24) is 4.98 Å². The molecule has 1 aliphatic carbocycles. The minimum absolute atomic E-state index is 0.0105. The number of carbonyl (C=O) groups excluding carboxylic acids is 1. The number of carbonyl (C=O) groups is 1. The second-order valence-corrected chi connectivity index (χ2v) is 5.76. The molecule has 2 N–H and O–H groups in total. The van der Waals surface area contributed by atoms with Crippen LogP contribution in [0.15, 0.2) is 12.3 Å². The van der Waals surface area contributed by atoms with Crippen LogP contribution in [-0.4, -0.2) is 16.6 Å². The summed E-state index contributed by atoms with van der Waals surface area (Å²) >= 11 is 0. The highest BCUT2D eigenvalue weighted by atomic mass is 16.6. The van der Waals surface area contributed by atoms with Gasteiger partial charge in [0.15, 0.2) is 0 Å². The maximum atomic E-state index is 11.9. The first-order valence-corrected chi connectivity index (χ1v) is 6.34. The first-order valence-electron chi connectivity index (χ1n) is 6.34. The van der Waals surface area contributed by atoms with Crippen LogP contribution in [0.5, 0.6) is 0 Å². The van der Waals surface area contributed by atoms with E-state index < -0.39 is 5.60 Å². The first-order chi connectivity index (χ1) is 8.37. The number of nitrogens with two attached hydrogens (primary N) is 1. The van der Waals surface area contributed by atoms with Crippen molar-refractivity contribution >= 4 is 5.97 Å². The van der Waals surface area contributed by atoms with E-state index in [-0.39, 0.29) is 12.0 Å². The van der Waals surface area contributed by atoms with Crippen LogP contribution < -0.4 is 5.73 Å². The first kappa shape index (κ1) is 13.0. The highest BCUT2D eigenvalue weighted by Crippen LogP contribution is 2.27. The maximum Gasteiger partial charge on any atom is 0.340 e. The van der Waals surface area contributed by atoms with E-state index in [0.29, 0.717) is 5.56 Å². The van der Waals surface area contributed by atoms with E-state index in [1.165, 1.54) is 0 Å². The molecular formula is C14H20N2O2. The molecule has 0 amide bonds. The maximum absolute atomic E-state index is 11.9. The lowest BCUT2D eigenvalue weighted by Crippen LogP contribution is -2.25. The van der Waals surface area contributed by atoms with E-state index >= 15 is 0 Å². The summed E-state index contributed by atoms with van der Waals surface area (Å²) in [7, 11) is 0. The fourth-order valence-electron chi connectivity index (χ4n) is 2.13. The molecule has 1 heterocycles. The number of ether oxygens (including phenoxy) is 1. The summed E-state index contributed by atoms with van der Waals surface area (Å²) in [4.78, 5) is 16.3. The highest BCUT2D eigenvalue weighted by Gasteiger charge is 2.22. The molecule has 1 unspecified atom stereocenters. The fourth-order valence-corrected chi connectivity index (χ4v) is 2.13. The van der Waals surface area contributed by atoms with Gasteiger partial charge in [0, 0.05) is 17.9 Å². The number of pyridine rings is 1. The van der Waals surface area contributed by atoms with Crippen LogP contribution in [0.3, 0.4) is 0 Å². The normalized spacial score (nSPS) is 19.2. The summed E-state index contributed by atoms with van der Waals surface area (Å²) in [5.41, 5.74) is 8.05. The Morgan fingerprint density at radius 3 is 2.89 bits per heavy atom. The highest BCUT2D eigenvalue weighted by molar-refractivity contribution is 5.89. The zero-order valence-electron chi connectivity index (χ0n) is 11.2. The molecule has 4 nitrogen and oxygen atoms in total. The number of hydrogen-bond donors (Lipinski definition) is 1. The second-order valence-electron chi connectivity index (χ2n) is 5.76. The third kappa shape index (κ3) is 2.88. The van der Waals surface area contributed by atoms with Gasteiger partial charge in [-0.15, -0.1) is 0 Å². The van der Waals surface area contributed by atoms with Crippen LogP contribution in [0.1, 0.15) is 61.3 Å². The molecule has 0 aliphatic heterocycles. The molecule has 2 rings (SSSR count). The Kier molecular flexibility index (Phi) is 3.39. The van der Waals surface area contributed by atoms with Crippen LogP contribution >= 0.6 is 0 Å².